The molecule has 3 aromatic rings. The first kappa shape index (κ1) is 31.6. The molecule has 3 aromatic carbocycles. The summed E-state index contributed by atoms with van der Waals surface area (Å²) in [6.45, 7) is 3.35. The lowest BCUT2D eigenvalue weighted by atomic mass is 9.94. The monoisotopic (exact) mass is 609 g/mol. The summed E-state index contributed by atoms with van der Waals surface area (Å²) in [5, 5.41) is 3.73. The van der Waals surface area contributed by atoms with Crippen LogP contribution in [0, 0.1) is 13.8 Å². The van der Waals surface area contributed by atoms with Gasteiger partial charge >= 0.3 is 0 Å². The highest BCUT2D eigenvalue weighted by Gasteiger charge is 2.34. The molecule has 0 heterocycles. The fraction of sp³-hybridized carbons (Fsp3) is 0.394. The van der Waals surface area contributed by atoms with Crippen molar-refractivity contribution >= 4 is 39.1 Å². The number of hydrogen-bond acceptors (Lipinski definition) is 4. The Kier molecular flexibility index (Phi) is 10.7. The Labute approximate surface area is 254 Å². The number of aryl methyl sites for hydroxylation is 2. The first-order valence-electron chi connectivity index (χ1n) is 14.4. The van der Waals surface area contributed by atoms with E-state index >= 15 is 0 Å². The molecule has 0 unspecified atom stereocenters. The molecule has 0 bridgehead atoms. The van der Waals surface area contributed by atoms with Gasteiger partial charge in [0.05, 0.1) is 11.9 Å². The summed E-state index contributed by atoms with van der Waals surface area (Å²) in [6, 6.07) is 21.4. The van der Waals surface area contributed by atoms with E-state index in [0.29, 0.717) is 10.7 Å². The zero-order chi connectivity index (χ0) is 30.3. The Bertz CT molecular complexity index is 1490. The maximum atomic E-state index is 14.3. The molecule has 1 atom stereocenters. The second-order valence-corrected chi connectivity index (χ2v) is 13.6. The van der Waals surface area contributed by atoms with E-state index in [-0.39, 0.29) is 24.9 Å². The Balaban J connectivity index is 1.74. The summed E-state index contributed by atoms with van der Waals surface area (Å²) in [6.07, 6.45) is 6.45. The first-order chi connectivity index (χ1) is 20.0. The molecule has 0 aromatic heterocycles. The Hall–Kier alpha value is -3.36. The minimum atomic E-state index is -3.83. The van der Waals surface area contributed by atoms with Gasteiger partial charge in [-0.25, -0.2) is 8.42 Å². The van der Waals surface area contributed by atoms with E-state index in [2.05, 4.69) is 5.32 Å². The predicted molar refractivity (Wildman–Crippen MR) is 169 cm³/mol. The van der Waals surface area contributed by atoms with Crippen molar-refractivity contribution in [3.8, 4) is 0 Å². The molecule has 1 saturated carbocycles. The second kappa shape index (κ2) is 14.2. The van der Waals surface area contributed by atoms with Crippen LogP contribution in [0.5, 0.6) is 0 Å². The summed E-state index contributed by atoms with van der Waals surface area (Å²) < 4.78 is 27.3. The van der Waals surface area contributed by atoms with Gasteiger partial charge in [0.15, 0.2) is 0 Å². The van der Waals surface area contributed by atoms with Crippen LogP contribution in [-0.4, -0.2) is 50.0 Å². The average molecular weight is 610 g/mol. The van der Waals surface area contributed by atoms with Crippen LogP contribution in [0.4, 0.5) is 5.69 Å². The van der Waals surface area contributed by atoms with E-state index in [1.165, 1.54) is 4.90 Å². The molecule has 0 aliphatic heterocycles. The molecule has 42 heavy (non-hydrogen) atoms. The molecule has 9 heteroatoms. The maximum absolute atomic E-state index is 14.3. The topological polar surface area (TPSA) is 86.8 Å². The molecule has 1 fully saturated rings. The van der Waals surface area contributed by atoms with E-state index in [0.717, 1.165) is 64.9 Å². The second-order valence-electron chi connectivity index (χ2n) is 11.3. The number of hydrogen-bond donors (Lipinski definition) is 1. The number of carbonyl (C=O) groups excluding carboxylic acids is 2. The predicted octanol–water partition coefficient (Wildman–Crippen LogP) is 5.81. The molecule has 2 amide bonds. The fourth-order valence-electron chi connectivity index (χ4n) is 5.51. The maximum Gasteiger partial charge on any atom is 0.244 e. The zero-order valence-electron chi connectivity index (χ0n) is 24.6. The number of amides is 2. The van der Waals surface area contributed by atoms with Gasteiger partial charge in [-0.2, -0.15) is 0 Å². The normalized spacial score (nSPS) is 14.7. The summed E-state index contributed by atoms with van der Waals surface area (Å²) >= 11 is 6.29. The SMILES string of the molecule is Cc1ccc(C)c(N(CC(=O)N(Cc2cccc(Cl)c2)[C@H](Cc2ccccc2)C(=O)NC2CCCCC2)S(C)(=O)=O)c1. The molecule has 224 valence electrons. The fourth-order valence-corrected chi connectivity index (χ4v) is 6.62. The average Bonchev–Trinajstić information content (AvgIpc) is 2.95. The lowest BCUT2D eigenvalue weighted by Crippen LogP contribution is -2.55. The zero-order valence-corrected chi connectivity index (χ0v) is 26.1. The van der Waals surface area contributed by atoms with Crippen molar-refractivity contribution in [3.63, 3.8) is 0 Å². The number of nitrogens with one attached hydrogen (secondary N) is 1. The van der Waals surface area contributed by atoms with Gasteiger partial charge in [0.2, 0.25) is 21.8 Å². The Morgan fingerprint density at radius 1 is 0.929 bits per heavy atom. The van der Waals surface area contributed by atoms with Gasteiger partial charge in [0.25, 0.3) is 0 Å². The van der Waals surface area contributed by atoms with Crippen molar-refractivity contribution < 1.29 is 18.0 Å². The third kappa shape index (κ3) is 8.58. The summed E-state index contributed by atoms with van der Waals surface area (Å²) in [5.41, 5.74) is 3.70. The van der Waals surface area contributed by atoms with Gasteiger partial charge in [0, 0.05) is 24.0 Å². The first-order valence-corrected chi connectivity index (χ1v) is 16.7. The Morgan fingerprint density at radius 2 is 1.62 bits per heavy atom. The number of rotatable bonds is 11. The number of benzene rings is 3. The number of anilines is 1. The van der Waals surface area contributed by atoms with Crippen LogP contribution in [0.2, 0.25) is 5.02 Å². The molecule has 0 spiro atoms. The summed E-state index contributed by atoms with van der Waals surface area (Å²) in [5.74, 6) is -0.709. The van der Waals surface area contributed by atoms with E-state index in [9.17, 15) is 18.0 Å². The molecule has 1 N–H and O–H groups in total. The smallest absolute Gasteiger partial charge is 0.244 e. The number of sulfonamides is 1. The van der Waals surface area contributed by atoms with Crippen molar-refractivity contribution in [2.24, 2.45) is 0 Å². The molecule has 0 radical (unpaired) electrons. The third-order valence-electron chi connectivity index (χ3n) is 7.78. The highest BCUT2D eigenvalue weighted by Crippen LogP contribution is 2.26. The van der Waals surface area contributed by atoms with E-state index in [4.69, 9.17) is 11.6 Å². The molecule has 1 aliphatic carbocycles. The molecule has 7 nitrogen and oxygen atoms in total. The quantitative estimate of drug-likeness (QED) is 0.297. The van der Waals surface area contributed by atoms with Crippen LogP contribution in [0.25, 0.3) is 0 Å². The van der Waals surface area contributed by atoms with Gasteiger partial charge in [-0.1, -0.05) is 85.5 Å². The van der Waals surface area contributed by atoms with Gasteiger partial charge in [-0.05, 0) is 67.1 Å². The largest absolute Gasteiger partial charge is 0.352 e. The van der Waals surface area contributed by atoms with Crippen molar-refractivity contribution in [1.29, 1.82) is 0 Å². The van der Waals surface area contributed by atoms with Crippen LogP contribution < -0.4 is 9.62 Å². The molecule has 1 aliphatic rings. The highest BCUT2D eigenvalue weighted by molar-refractivity contribution is 7.92. The lowest BCUT2D eigenvalue weighted by molar-refractivity contribution is -0.140. The lowest BCUT2D eigenvalue weighted by Gasteiger charge is -2.35. The van der Waals surface area contributed by atoms with Gasteiger partial charge in [-0.15, -0.1) is 0 Å². The van der Waals surface area contributed by atoms with Gasteiger partial charge < -0.3 is 10.2 Å². The number of halogens is 1. The van der Waals surface area contributed by atoms with Crippen LogP contribution in [0.3, 0.4) is 0 Å². The van der Waals surface area contributed by atoms with Crippen molar-refractivity contribution in [1.82, 2.24) is 10.2 Å². The highest BCUT2D eigenvalue weighted by atomic mass is 35.5. The van der Waals surface area contributed by atoms with Crippen molar-refractivity contribution in [2.75, 3.05) is 17.1 Å². The van der Waals surface area contributed by atoms with Gasteiger partial charge in [-0.3, -0.25) is 13.9 Å². The third-order valence-corrected chi connectivity index (χ3v) is 9.14. The van der Waals surface area contributed by atoms with Crippen molar-refractivity contribution in [3.05, 3.63) is 100 Å². The summed E-state index contributed by atoms with van der Waals surface area (Å²) in [7, 11) is -3.83. The number of nitrogens with zero attached hydrogens (tertiary/aromatic N) is 2. The molecule has 0 saturated heterocycles. The van der Waals surface area contributed by atoms with E-state index in [1.54, 1.807) is 24.3 Å². The Morgan fingerprint density at radius 3 is 2.29 bits per heavy atom. The van der Waals surface area contributed by atoms with Crippen LogP contribution in [-0.2, 0) is 32.6 Å². The van der Waals surface area contributed by atoms with Crippen LogP contribution in [0.15, 0.2) is 72.8 Å². The standard InChI is InChI=1S/C33H40ClN3O4S/c1-24-17-18-25(2)30(19-24)37(42(3,40)41)23-32(38)36(22-27-13-10-14-28(34)20-27)31(21-26-11-6-4-7-12-26)33(39)35-29-15-8-5-9-16-29/h4,6-7,10-14,17-20,29,31H,5,8-9,15-16,21-23H2,1-3H3,(H,35,39)/t31-/m1/s1. The van der Waals surface area contributed by atoms with Crippen LogP contribution in [0.1, 0.15) is 54.4 Å². The minimum Gasteiger partial charge on any atom is -0.352 e. The molecular formula is C33H40ClN3O4S. The van der Waals surface area contributed by atoms with Crippen LogP contribution >= 0.6 is 11.6 Å². The van der Waals surface area contributed by atoms with E-state index in [1.807, 2.05) is 62.4 Å². The molecular weight excluding hydrogens is 570 g/mol. The minimum absolute atomic E-state index is 0.0510. The summed E-state index contributed by atoms with van der Waals surface area (Å²) in [4.78, 5) is 29.8. The van der Waals surface area contributed by atoms with Crippen molar-refractivity contribution in [2.45, 2.75) is 71.0 Å². The molecule has 4 rings (SSSR count). The number of carbonyl (C=O) groups is 2. The van der Waals surface area contributed by atoms with E-state index < -0.39 is 28.5 Å². The van der Waals surface area contributed by atoms with Gasteiger partial charge in [0.1, 0.15) is 12.6 Å².